The molecule has 6 aliphatic carbocycles. The van der Waals surface area contributed by atoms with E-state index in [1.165, 1.54) is 128 Å². The first-order valence-corrected chi connectivity index (χ1v) is 36.2. The molecular weight excluding hydrogens is 1250 g/mol. The quantitative estimate of drug-likeness (QED) is 0.122. The highest BCUT2D eigenvalue weighted by molar-refractivity contribution is 5.93. The first-order chi connectivity index (χ1) is 51.5. The number of nitrogens with zero attached hydrogens (tertiary/aromatic N) is 2. The Morgan fingerprint density at radius 3 is 0.846 bits per heavy atom. The van der Waals surface area contributed by atoms with E-state index >= 15 is 0 Å². The molecule has 0 aliphatic heterocycles. The molecule has 4 unspecified atom stereocenters. The van der Waals surface area contributed by atoms with Crippen molar-refractivity contribution < 1.29 is 0 Å². The van der Waals surface area contributed by atoms with Gasteiger partial charge < -0.3 is 0 Å². The second-order valence-corrected chi connectivity index (χ2v) is 27.8. The minimum absolute atomic E-state index is 0.227. The minimum Gasteiger partial charge on any atom is -0.248 e. The molecular formula is C102H70N2. The number of hydrogen-bond donors (Lipinski definition) is 0. The van der Waals surface area contributed by atoms with Gasteiger partial charge in [0.1, 0.15) is 0 Å². The Labute approximate surface area is 608 Å². The monoisotopic (exact) mass is 1320 g/mol. The molecule has 6 aliphatic rings. The molecule has 0 amide bonds. The molecule has 488 valence electrons. The van der Waals surface area contributed by atoms with Crippen molar-refractivity contribution in [1.82, 2.24) is 9.97 Å². The molecule has 12 aromatic carbocycles. The fraction of sp³-hybridized carbons (Fsp3) is 0.0392. The zero-order chi connectivity index (χ0) is 68.9. The van der Waals surface area contributed by atoms with Crippen LogP contribution in [0.25, 0.3) is 147 Å². The summed E-state index contributed by atoms with van der Waals surface area (Å²) in [5.74, 6) is 1.14. The smallest absolute Gasteiger partial charge is 0.0715 e. The van der Waals surface area contributed by atoms with E-state index in [0.29, 0.717) is 11.8 Å². The Morgan fingerprint density at radius 2 is 0.490 bits per heavy atom. The van der Waals surface area contributed by atoms with Gasteiger partial charge in [0.15, 0.2) is 0 Å². The first-order valence-electron chi connectivity index (χ1n) is 36.2. The van der Waals surface area contributed by atoms with E-state index in [-0.39, 0.29) is 11.8 Å². The van der Waals surface area contributed by atoms with E-state index in [1.54, 1.807) is 0 Å². The number of allylic oxidation sites excluding steroid dienone is 12. The van der Waals surface area contributed by atoms with Gasteiger partial charge in [0, 0.05) is 45.9 Å². The van der Waals surface area contributed by atoms with Crippen LogP contribution in [0.5, 0.6) is 0 Å². The second kappa shape index (κ2) is 26.8. The van der Waals surface area contributed by atoms with Crippen LogP contribution in [-0.2, 0) is 0 Å². The highest BCUT2D eigenvalue weighted by Crippen LogP contribution is 2.56. The van der Waals surface area contributed by atoms with E-state index in [4.69, 9.17) is 9.97 Å². The topological polar surface area (TPSA) is 25.8 Å². The molecule has 2 heterocycles. The van der Waals surface area contributed by atoms with Crippen LogP contribution >= 0.6 is 0 Å². The van der Waals surface area contributed by atoms with E-state index in [2.05, 4.69) is 394 Å². The minimum atomic E-state index is 0.227. The lowest BCUT2D eigenvalue weighted by Crippen LogP contribution is -2.23. The second-order valence-electron chi connectivity index (χ2n) is 27.8. The van der Waals surface area contributed by atoms with Crippen molar-refractivity contribution in [2.24, 2.45) is 11.8 Å². The molecule has 2 heteroatoms. The molecule has 0 spiro atoms. The summed E-state index contributed by atoms with van der Waals surface area (Å²) in [5, 5.41) is 0. The molecule has 0 fully saturated rings. The van der Waals surface area contributed by atoms with Crippen molar-refractivity contribution in [2.75, 3.05) is 0 Å². The van der Waals surface area contributed by atoms with Crippen LogP contribution in [0.15, 0.2) is 387 Å². The Hall–Kier alpha value is -13.1. The maximum atomic E-state index is 5.19. The molecule has 0 saturated heterocycles. The molecule has 4 atom stereocenters. The predicted octanol–water partition coefficient (Wildman–Crippen LogP) is 26.4. The predicted molar refractivity (Wildman–Crippen MR) is 436 cm³/mol. The van der Waals surface area contributed by atoms with Gasteiger partial charge in [-0.1, -0.05) is 358 Å². The van der Waals surface area contributed by atoms with Crippen molar-refractivity contribution >= 4 is 35.5 Å². The Kier molecular flexibility index (Phi) is 15.9. The van der Waals surface area contributed by atoms with Crippen molar-refractivity contribution in [3.8, 4) is 112 Å². The van der Waals surface area contributed by atoms with Gasteiger partial charge in [-0.2, -0.15) is 0 Å². The average molecular weight is 1320 g/mol. The Balaban J connectivity index is 0.000000147. The summed E-state index contributed by atoms with van der Waals surface area (Å²) in [5.41, 5.74) is 39.2. The van der Waals surface area contributed by atoms with Gasteiger partial charge in [0.25, 0.3) is 0 Å². The van der Waals surface area contributed by atoms with Crippen LogP contribution in [0.4, 0.5) is 0 Å². The summed E-state index contributed by atoms with van der Waals surface area (Å²) in [7, 11) is 0. The summed E-state index contributed by atoms with van der Waals surface area (Å²) < 4.78 is 0. The lowest BCUT2D eigenvalue weighted by atomic mass is 9.64. The molecule has 0 N–H and O–H groups in total. The van der Waals surface area contributed by atoms with Crippen molar-refractivity contribution in [3.63, 3.8) is 0 Å². The normalized spacial score (nSPS) is 16.5. The summed E-state index contributed by atoms with van der Waals surface area (Å²) in [4.78, 5) is 10.3. The third-order valence-electron chi connectivity index (χ3n) is 21.8. The highest BCUT2D eigenvalue weighted by Gasteiger charge is 2.39. The number of hydrogen-bond acceptors (Lipinski definition) is 2. The van der Waals surface area contributed by atoms with Crippen LogP contribution in [-0.4, -0.2) is 9.97 Å². The molecule has 0 saturated carbocycles. The summed E-state index contributed by atoms with van der Waals surface area (Å²) in [6.45, 7) is 0. The van der Waals surface area contributed by atoms with Crippen molar-refractivity contribution in [2.45, 2.75) is 11.8 Å². The van der Waals surface area contributed by atoms with E-state index in [9.17, 15) is 0 Å². The number of rotatable bonds is 12. The van der Waals surface area contributed by atoms with Gasteiger partial charge in [-0.15, -0.1) is 0 Å². The standard InChI is InChI=1S/C57H39N.C45H31N/c1-5-13-38(14-6-1)46-33-47(39-15-7-2-8-16-39)35-49(34-46)51-30-26-45-27-31-52-50(29-25-44-28-32-53(51)57(45)56(44)52)41-21-23-43(24-22-41)55-37-48(40-17-9-3-10-18-40)36-54(58-55)42-19-11-4-12-20-42;1-4-10-30(11-5-1)37-28-42(33-14-8-3-9-15-33)46-43(29-37)34-18-16-32(17-19-34)39-25-21-36-22-26-40-38(31-12-6-2-7-13-31)24-20-35-23-27-41(39)45(36)44(35)40/h1-37,53,57H;1-29,40,44H. The van der Waals surface area contributed by atoms with E-state index < -0.39 is 0 Å². The number of aromatic nitrogens is 2. The van der Waals surface area contributed by atoms with Crippen LogP contribution < -0.4 is 0 Å². The fourth-order valence-electron chi connectivity index (χ4n) is 16.6. The Morgan fingerprint density at radius 1 is 0.202 bits per heavy atom. The molecule has 2 nitrogen and oxygen atoms in total. The zero-order valence-electron chi connectivity index (χ0n) is 57.3. The van der Waals surface area contributed by atoms with Gasteiger partial charge in [0.2, 0.25) is 0 Å². The lowest BCUT2D eigenvalue weighted by molar-refractivity contribution is 0.681. The van der Waals surface area contributed by atoms with Gasteiger partial charge >= 0.3 is 0 Å². The zero-order valence-corrected chi connectivity index (χ0v) is 57.3. The third-order valence-corrected chi connectivity index (χ3v) is 21.8. The maximum absolute atomic E-state index is 5.19. The molecule has 104 heavy (non-hydrogen) atoms. The maximum Gasteiger partial charge on any atom is 0.0715 e. The highest BCUT2D eigenvalue weighted by atomic mass is 14.7. The third kappa shape index (κ3) is 11.6. The van der Waals surface area contributed by atoms with Crippen molar-refractivity contribution in [3.05, 3.63) is 432 Å². The molecule has 0 bridgehead atoms. The average Bonchev–Trinajstić information content (AvgIpc) is 0.715. The first kappa shape index (κ1) is 61.9. The largest absolute Gasteiger partial charge is 0.248 e. The molecule has 2 aromatic heterocycles. The summed E-state index contributed by atoms with van der Waals surface area (Å²) in [6.07, 6.45) is 28.3. The van der Waals surface area contributed by atoms with Gasteiger partial charge in [-0.3, -0.25) is 0 Å². The molecule has 14 aromatic rings. The molecule has 0 radical (unpaired) electrons. The molecule has 20 rings (SSSR count). The van der Waals surface area contributed by atoms with Crippen LogP contribution in [0.2, 0.25) is 0 Å². The SMILES string of the molecule is C1=Cc2c(-c3ccc(-c4cc(-c5ccccc5)cc(-c5ccccc5)n4)cc3)ccc3c2C2C1=CC=C(c1cc(-c4ccccc4)cc(-c4ccccc4)c1)C2C=C3.C1=Cc2c(-c3ccc(-c4cc(-c5ccccc5)cc(-c5ccccc5)n4)cc3)ccc3c2C2C1=CC=C(c1ccccc1)C2C=C3. The van der Waals surface area contributed by atoms with Crippen LogP contribution in [0.1, 0.15) is 56.3 Å². The van der Waals surface area contributed by atoms with Gasteiger partial charge in [-0.25, -0.2) is 9.97 Å². The number of pyridine rings is 2. The fourth-order valence-corrected chi connectivity index (χ4v) is 16.6. The van der Waals surface area contributed by atoms with Crippen molar-refractivity contribution in [1.29, 1.82) is 0 Å². The van der Waals surface area contributed by atoms with E-state index in [0.717, 1.165) is 50.6 Å². The van der Waals surface area contributed by atoms with E-state index in [1.807, 2.05) is 6.07 Å². The summed E-state index contributed by atoms with van der Waals surface area (Å²) in [6, 6.07) is 118. The Bertz CT molecular complexity index is 5720. The number of benzene rings is 12. The van der Waals surface area contributed by atoms with Crippen LogP contribution in [0.3, 0.4) is 0 Å². The van der Waals surface area contributed by atoms with Crippen LogP contribution in [0, 0.1) is 11.8 Å². The summed E-state index contributed by atoms with van der Waals surface area (Å²) >= 11 is 0. The van der Waals surface area contributed by atoms with Gasteiger partial charge in [-0.05, 0) is 176 Å². The lowest BCUT2D eigenvalue weighted by Gasteiger charge is -2.39. The van der Waals surface area contributed by atoms with Gasteiger partial charge in [0.05, 0.1) is 22.8 Å².